The molecule has 0 heterocycles. The van der Waals surface area contributed by atoms with Gasteiger partial charge in [0.05, 0.1) is 0 Å². The highest BCUT2D eigenvalue weighted by Gasteiger charge is 2.13. The Hall–Kier alpha value is -0.820. The molecule has 1 N–H and O–H groups in total. The molecule has 1 unspecified atom stereocenters. The summed E-state index contributed by atoms with van der Waals surface area (Å²) in [6.07, 6.45) is 2.32. The van der Waals surface area contributed by atoms with E-state index in [0.717, 1.165) is 13.0 Å². The van der Waals surface area contributed by atoms with Gasteiger partial charge in [0.1, 0.15) is 0 Å². The molecule has 0 aliphatic rings. The molecule has 1 nitrogen and oxygen atoms in total. The molecule has 96 valence electrons. The van der Waals surface area contributed by atoms with E-state index in [-0.39, 0.29) is 5.41 Å². The molecule has 0 aromatic heterocycles. The van der Waals surface area contributed by atoms with Crippen molar-refractivity contribution >= 4 is 0 Å². The van der Waals surface area contributed by atoms with E-state index in [0.29, 0.717) is 6.04 Å². The van der Waals surface area contributed by atoms with Crippen molar-refractivity contribution in [3.05, 3.63) is 35.4 Å². The number of hydrogen-bond acceptors (Lipinski definition) is 1. The third-order valence-corrected chi connectivity index (χ3v) is 3.10. The van der Waals surface area contributed by atoms with Gasteiger partial charge >= 0.3 is 0 Å². The Balaban J connectivity index is 2.56. The van der Waals surface area contributed by atoms with Crippen molar-refractivity contribution in [2.75, 3.05) is 6.54 Å². The van der Waals surface area contributed by atoms with Crippen molar-refractivity contribution in [2.45, 2.75) is 58.9 Å². The van der Waals surface area contributed by atoms with Crippen molar-refractivity contribution in [2.24, 2.45) is 0 Å². The first-order chi connectivity index (χ1) is 7.93. The second kappa shape index (κ2) is 6.20. The molecule has 1 heteroatoms. The average Bonchev–Trinajstić information content (AvgIpc) is 2.26. The maximum Gasteiger partial charge on any atom is 0.00791 e. The molecule has 1 aromatic rings. The third-order valence-electron chi connectivity index (χ3n) is 3.10. The van der Waals surface area contributed by atoms with Gasteiger partial charge in [-0.2, -0.15) is 0 Å². The lowest BCUT2D eigenvalue weighted by atomic mass is 9.86. The van der Waals surface area contributed by atoms with Gasteiger partial charge in [-0.1, -0.05) is 52.0 Å². The van der Waals surface area contributed by atoms with E-state index < -0.39 is 0 Å². The standard InChI is InChI=1S/C16H27N/c1-6-11-17-13(2)12-14-7-9-15(10-8-14)16(3,4)5/h7-10,13,17H,6,11-12H2,1-5H3. The minimum atomic E-state index is 0.255. The zero-order chi connectivity index (χ0) is 12.9. The van der Waals surface area contributed by atoms with Gasteiger partial charge in [-0.25, -0.2) is 0 Å². The first-order valence-corrected chi connectivity index (χ1v) is 6.76. The molecule has 1 atom stereocenters. The largest absolute Gasteiger partial charge is 0.314 e. The first kappa shape index (κ1) is 14.2. The number of rotatable bonds is 5. The molecule has 0 radical (unpaired) electrons. The molecule has 0 saturated carbocycles. The number of hydrogen-bond donors (Lipinski definition) is 1. The smallest absolute Gasteiger partial charge is 0.00791 e. The van der Waals surface area contributed by atoms with Crippen LogP contribution in [0.5, 0.6) is 0 Å². The SMILES string of the molecule is CCCNC(C)Cc1ccc(C(C)(C)C)cc1. The molecule has 0 bridgehead atoms. The van der Waals surface area contributed by atoms with Crippen LogP contribution in [-0.2, 0) is 11.8 Å². The fourth-order valence-corrected chi connectivity index (χ4v) is 1.96. The summed E-state index contributed by atoms with van der Waals surface area (Å²) < 4.78 is 0. The predicted octanol–water partition coefficient (Wildman–Crippen LogP) is 3.91. The second-order valence-corrected chi connectivity index (χ2v) is 6.01. The van der Waals surface area contributed by atoms with Crippen LogP contribution in [0.15, 0.2) is 24.3 Å². The molecular formula is C16H27N. The summed E-state index contributed by atoms with van der Waals surface area (Å²) in [5.41, 5.74) is 3.09. The van der Waals surface area contributed by atoms with Crippen molar-refractivity contribution in [3.8, 4) is 0 Å². The lowest BCUT2D eigenvalue weighted by Gasteiger charge is -2.20. The van der Waals surface area contributed by atoms with E-state index in [1.165, 1.54) is 17.5 Å². The highest BCUT2D eigenvalue weighted by atomic mass is 14.9. The summed E-state index contributed by atoms with van der Waals surface area (Å²) >= 11 is 0. The van der Waals surface area contributed by atoms with Crippen LogP contribution in [0.4, 0.5) is 0 Å². The van der Waals surface area contributed by atoms with Crippen LogP contribution in [0.2, 0.25) is 0 Å². The van der Waals surface area contributed by atoms with E-state index in [4.69, 9.17) is 0 Å². The van der Waals surface area contributed by atoms with Gasteiger partial charge in [0, 0.05) is 6.04 Å². The molecule has 1 rings (SSSR count). The monoisotopic (exact) mass is 233 g/mol. The van der Waals surface area contributed by atoms with Crippen LogP contribution in [0.25, 0.3) is 0 Å². The molecule has 0 amide bonds. The highest BCUT2D eigenvalue weighted by Crippen LogP contribution is 2.22. The van der Waals surface area contributed by atoms with Crippen molar-refractivity contribution in [3.63, 3.8) is 0 Å². The van der Waals surface area contributed by atoms with Crippen LogP contribution in [0, 0.1) is 0 Å². The fourth-order valence-electron chi connectivity index (χ4n) is 1.96. The molecule has 0 aliphatic carbocycles. The lowest BCUT2D eigenvalue weighted by molar-refractivity contribution is 0.543. The van der Waals surface area contributed by atoms with Crippen LogP contribution in [0.1, 0.15) is 52.2 Å². The van der Waals surface area contributed by atoms with E-state index in [9.17, 15) is 0 Å². The van der Waals surface area contributed by atoms with E-state index in [1.807, 2.05) is 0 Å². The molecule has 0 fully saturated rings. The van der Waals surface area contributed by atoms with Gasteiger partial charge < -0.3 is 5.32 Å². The number of nitrogens with one attached hydrogen (secondary N) is 1. The molecule has 0 spiro atoms. The Kier molecular flexibility index (Phi) is 5.20. The first-order valence-electron chi connectivity index (χ1n) is 6.76. The minimum Gasteiger partial charge on any atom is -0.314 e. The summed E-state index contributed by atoms with van der Waals surface area (Å²) in [5, 5.41) is 3.53. The van der Waals surface area contributed by atoms with Gasteiger partial charge in [0.2, 0.25) is 0 Å². The van der Waals surface area contributed by atoms with E-state index in [1.54, 1.807) is 0 Å². The van der Waals surface area contributed by atoms with Crippen molar-refractivity contribution in [1.29, 1.82) is 0 Å². The quantitative estimate of drug-likeness (QED) is 0.813. The number of benzene rings is 1. The molecule has 0 aliphatic heterocycles. The van der Waals surface area contributed by atoms with E-state index in [2.05, 4.69) is 64.2 Å². The summed E-state index contributed by atoms with van der Waals surface area (Å²) in [5.74, 6) is 0. The average molecular weight is 233 g/mol. The minimum absolute atomic E-state index is 0.255. The Morgan fingerprint density at radius 3 is 2.18 bits per heavy atom. The summed E-state index contributed by atoms with van der Waals surface area (Å²) in [7, 11) is 0. The van der Waals surface area contributed by atoms with Crippen LogP contribution in [0.3, 0.4) is 0 Å². The van der Waals surface area contributed by atoms with Crippen LogP contribution < -0.4 is 5.32 Å². The summed E-state index contributed by atoms with van der Waals surface area (Å²) in [6.45, 7) is 12.3. The zero-order valence-corrected chi connectivity index (χ0v) is 12.0. The molecule has 17 heavy (non-hydrogen) atoms. The van der Waals surface area contributed by atoms with E-state index >= 15 is 0 Å². The van der Waals surface area contributed by atoms with Crippen molar-refractivity contribution < 1.29 is 0 Å². The normalized spacial score (nSPS) is 13.7. The molecule has 1 aromatic carbocycles. The van der Waals surface area contributed by atoms with Gasteiger partial charge in [-0.3, -0.25) is 0 Å². The maximum absolute atomic E-state index is 3.53. The Morgan fingerprint density at radius 1 is 1.12 bits per heavy atom. The fraction of sp³-hybridized carbons (Fsp3) is 0.625. The summed E-state index contributed by atoms with van der Waals surface area (Å²) in [6, 6.07) is 9.63. The molecular weight excluding hydrogens is 206 g/mol. The summed E-state index contributed by atoms with van der Waals surface area (Å²) in [4.78, 5) is 0. The highest BCUT2D eigenvalue weighted by molar-refractivity contribution is 5.27. The topological polar surface area (TPSA) is 12.0 Å². The maximum atomic E-state index is 3.53. The Morgan fingerprint density at radius 2 is 1.71 bits per heavy atom. The molecule has 0 saturated heterocycles. The van der Waals surface area contributed by atoms with Gasteiger partial charge in [-0.15, -0.1) is 0 Å². The predicted molar refractivity (Wildman–Crippen MR) is 76.6 cm³/mol. The van der Waals surface area contributed by atoms with Gasteiger partial charge in [0.15, 0.2) is 0 Å². The zero-order valence-electron chi connectivity index (χ0n) is 12.0. The van der Waals surface area contributed by atoms with Crippen LogP contribution >= 0.6 is 0 Å². The van der Waals surface area contributed by atoms with Crippen molar-refractivity contribution in [1.82, 2.24) is 5.32 Å². The third kappa shape index (κ3) is 4.91. The second-order valence-electron chi connectivity index (χ2n) is 6.01. The van der Waals surface area contributed by atoms with Gasteiger partial charge in [0.25, 0.3) is 0 Å². The Bertz CT molecular complexity index is 318. The Labute approximate surface area is 107 Å². The lowest BCUT2D eigenvalue weighted by Crippen LogP contribution is -2.28. The van der Waals surface area contributed by atoms with Crippen LogP contribution in [-0.4, -0.2) is 12.6 Å². The van der Waals surface area contributed by atoms with Gasteiger partial charge in [-0.05, 0) is 42.9 Å².